The highest BCUT2D eigenvalue weighted by Crippen LogP contribution is 2.28. The van der Waals surface area contributed by atoms with Gasteiger partial charge in [0.15, 0.2) is 11.6 Å². The molecule has 1 aromatic carbocycles. The summed E-state index contributed by atoms with van der Waals surface area (Å²) < 4.78 is 33.9. The third-order valence-corrected chi connectivity index (χ3v) is 3.56. The Hall–Kier alpha value is -1.95. The van der Waals surface area contributed by atoms with E-state index in [0.29, 0.717) is 21.7 Å². The fourth-order valence-electron chi connectivity index (χ4n) is 1.99. The molecule has 0 fully saturated rings. The number of benzene rings is 1. The molecule has 6 heteroatoms. The van der Waals surface area contributed by atoms with Crippen molar-refractivity contribution >= 4 is 21.4 Å². The number of hydrogen-bond acceptors (Lipinski definition) is 2. The summed E-state index contributed by atoms with van der Waals surface area (Å²) in [6, 6.07) is 7.32. The van der Waals surface area contributed by atoms with Gasteiger partial charge in [-0.25, -0.2) is 13.8 Å². The minimum absolute atomic E-state index is 0.484. The number of hydrogen-bond donors (Lipinski definition) is 0. The summed E-state index contributed by atoms with van der Waals surface area (Å²) in [5, 5.41) is 0. The molecule has 0 aliphatic carbocycles. The maximum atomic E-state index is 13.4. The van der Waals surface area contributed by atoms with E-state index >= 15 is 0 Å². The smallest absolute Gasteiger partial charge is 0.159 e. The molecule has 0 saturated heterocycles. The molecule has 2 aromatic heterocycles. The predicted molar refractivity (Wildman–Crippen MR) is 74.8 cm³/mol. The second-order valence-corrected chi connectivity index (χ2v) is 4.93. The molecule has 0 atom stereocenters. The van der Waals surface area contributed by atoms with Gasteiger partial charge in [0.2, 0.25) is 0 Å². The molecule has 0 bridgehead atoms. The van der Waals surface area contributed by atoms with Crippen molar-refractivity contribution in [1.82, 2.24) is 9.38 Å². The van der Waals surface area contributed by atoms with E-state index in [1.807, 2.05) is 6.07 Å². The Morgan fingerprint density at radius 3 is 2.65 bits per heavy atom. The average Bonchev–Trinajstić information content (AvgIpc) is 2.78. The number of ether oxygens (including phenoxy) is 1. The van der Waals surface area contributed by atoms with Gasteiger partial charge < -0.3 is 4.74 Å². The Balaban J connectivity index is 2.26. The van der Waals surface area contributed by atoms with E-state index in [2.05, 4.69) is 20.9 Å². The standard InChI is InChI=1S/C14H9BrF2N2O/c1-20-9-3-5-12-13(15)18-14(19(12)7-9)8-2-4-10(16)11(17)6-8/h2-7H,1H3. The molecule has 20 heavy (non-hydrogen) atoms. The lowest BCUT2D eigenvalue weighted by atomic mass is 10.2. The highest BCUT2D eigenvalue weighted by atomic mass is 79.9. The Morgan fingerprint density at radius 2 is 1.95 bits per heavy atom. The molecule has 0 spiro atoms. The van der Waals surface area contributed by atoms with Gasteiger partial charge in [0.25, 0.3) is 0 Å². The first kappa shape index (κ1) is 13.1. The van der Waals surface area contributed by atoms with Crippen LogP contribution in [0.4, 0.5) is 8.78 Å². The molecule has 3 nitrogen and oxygen atoms in total. The van der Waals surface area contributed by atoms with Crippen LogP contribution in [0.3, 0.4) is 0 Å². The molecular formula is C14H9BrF2N2O. The maximum absolute atomic E-state index is 13.4. The number of methoxy groups -OCH3 is 1. The molecule has 0 radical (unpaired) electrons. The van der Waals surface area contributed by atoms with E-state index in [1.165, 1.54) is 6.07 Å². The zero-order valence-electron chi connectivity index (χ0n) is 10.4. The van der Waals surface area contributed by atoms with E-state index in [9.17, 15) is 8.78 Å². The Kier molecular flexibility index (Phi) is 3.17. The van der Waals surface area contributed by atoms with Crippen LogP contribution >= 0.6 is 15.9 Å². The van der Waals surface area contributed by atoms with Crippen LogP contribution < -0.4 is 4.74 Å². The zero-order chi connectivity index (χ0) is 14.3. The monoisotopic (exact) mass is 338 g/mol. The molecule has 0 amide bonds. The first-order chi connectivity index (χ1) is 9.60. The molecular weight excluding hydrogens is 330 g/mol. The second kappa shape index (κ2) is 4.86. The van der Waals surface area contributed by atoms with Crippen LogP contribution in [0.15, 0.2) is 41.1 Å². The van der Waals surface area contributed by atoms with E-state index < -0.39 is 11.6 Å². The Morgan fingerprint density at radius 1 is 1.15 bits per heavy atom. The molecule has 2 heterocycles. The lowest BCUT2D eigenvalue weighted by Gasteiger charge is -2.04. The van der Waals surface area contributed by atoms with Crippen LogP contribution in [0.1, 0.15) is 0 Å². The summed E-state index contributed by atoms with van der Waals surface area (Å²) in [6.07, 6.45) is 1.74. The van der Waals surface area contributed by atoms with Crippen molar-refractivity contribution in [3.63, 3.8) is 0 Å². The van der Waals surface area contributed by atoms with Crippen molar-refractivity contribution < 1.29 is 13.5 Å². The zero-order valence-corrected chi connectivity index (χ0v) is 12.0. The average molecular weight is 339 g/mol. The predicted octanol–water partition coefficient (Wildman–Crippen LogP) is 4.05. The summed E-state index contributed by atoms with van der Waals surface area (Å²) in [5.74, 6) is -0.638. The van der Waals surface area contributed by atoms with Gasteiger partial charge in [-0.1, -0.05) is 0 Å². The van der Waals surface area contributed by atoms with Crippen LogP contribution in [0, 0.1) is 11.6 Å². The third-order valence-electron chi connectivity index (χ3n) is 2.98. The number of halogens is 3. The van der Waals surface area contributed by atoms with Gasteiger partial charge in [-0.05, 0) is 46.3 Å². The summed E-state index contributed by atoms with van der Waals surface area (Å²) >= 11 is 3.35. The van der Waals surface area contributed by atoms with E-state index in [0.717, 1.165) is 17.6 Å². The second-order valence-electron chi connectivity index (χ2n) is 4.18. The number of fused-ring (bicyclic) bond motifs is 1. The highest BCUT2D eigenvalue weighted by Gasteiger charge is 2.13. The van der Waals surface area contributed by atoms with E-state index in [4.69, 9.17) is 4.74 Å². The van der Waals surface area contributed by atoms with E-state index in [-0.39, 0.29) is 0 Å². The van der Waals surface area contributed by atoms with Gasteiger partial charge in [-0.2, -0.15) is 0 Å². The van der Waals surface area contributed by atoms with Crippen LogP contribution in [0.2, 0.25) is 0 Å². The van der Waals surface area contributed by atoms with Crippen molar-refractivity contribution in [2.24, 2.45) is 0 Å². The lowest BCUT2D eigenvalue weighted by Crippen LogP contribution is -1.93. The largest absolute Gasteiger partial charge is 0.495 e. The van der Waals surface area contributed by atoms with Crippen LogP contribution in [-0.2, 0) is 0 Å². The first-order valence-electron chi connectivity index (χ1n) is 5.77. The van der Waals surface area contributed by atoms with Gasteiger partial charge >= 0.3 is 0 Å². The van der Waals surface area contributed by atoms with Crippen LogP contribution in [-0.4, -0.2) is 16.5 Å². The van der Waals surface area contributed by atoms with Crippen molar-refractivity contribution in [1.29, 1.82) is 0 Å². The highest BCUT2D eigenvalue weighted by molar-refractivity contribution is 9.10. The number of imidazole rings is 1. The Bertz CT molecular complexity index is 801. The van der Waals surface area contributed by atoms with Gasteiger partial charge in [0, 0.05) is 5.56 Å². The third kappa shape index (κ3) is 2.06. The number of aromatic nitrogens is 2. The van der Waals surface area contributed by atoms with Gasteiger partial charge in [0.1, 0.15) is 16.2 Å². The van der Waals surface area contributed by atoms with Crippen molar-refractivity contribution in [3.05, 3.63) is 52.8 Å². The van der Waals surface area contributed by atoms with Gasteiger partial charge in [0.05, 0.1) is 18.8 Å². The molecule has 3 aromatic rings. The molecule has 102 valence electrons. The fourth-order valence-corrected chi connectivity index (χ4v) is 2.48. The van der Waals surface area contributed by atoms with Gasteiger partial charge in [-0.3, -0.25) is 4.40 Å². The van der Waals surface area contributed by atoms with Gasteiger partial charge in [-0.15, -0.1) is 0 Å². The van der Waals surface area contributed by atoms with E-state index in [1.54, 1.807) is 23.8 Å². The lowest BCUT2D eigenvalue weighted by molar-refractivity contribution is 0.412. The molecule has 0 saturated carbocycles. The first-order valence-corrected chi connectivity index (χ1v) is 6.56. The maximum Gasteiger partial charge on any atom is 0.159 e. The Labute approximate surface area is 122 Å². The number of pyridine rings is 1. The minimum Gasteiger partial charge on any atom is -0.495 e. The summed E-state index contributed by atoms with van der Waals surface area (Å²) in [6.45, 7) is 0. The summed E-state index contributed by atoms with van der Waals surface area (Å²) in [4.78, 5) is 4.34. The number of rotatable bonds is 2. The minimum atomic E-state index is -0.904. The summed E-state index contributed by atoms with van der Waals surface area (Å²) in [7, 11) is 1.56. The summed E-state index contributed by atoms with van der Waals surface area (Å²) in [5.41, 5.74) is 1.29. The molecule has 0 unspecified atom stereocenters. The molecule has 3 rings (SSSR count). The van der Waals surface area contributed by atoms with Crippen LogP contribution in [0.5, 0.6) is 5.75 Å². The fraction of sp³-hybridized carbons (Fsp3) is 0.0714. The molecule has 0 aliphatic heterocycles. The quantitative estimate of drug-likeness (QED) is 0.704. The van der Waals surface area contributed by atoms with Crippen LogP contribution in [0.25, 0.3) is 16.9 Å². The normalized spacial score (nSPS) is 11.0. The molecule has 0 N–H and O–H groups in total. The van der Waals surface area contributed by atoms with Crippen molar-refractivity contribution in [2.45, 2.75) is 0 Å². The SMILES string of the molecule is COc1ccc2c(Br)nc(-c3ccc(F)c(F)c3)n2c1. The van der Waals surface area contributed by atoms with Crippen molar-refractivity contribution in [3.8, 4) is 17.1 Å². The number of nitrogens with zero attached hydrogens (tertiary/aromatic N) is 2. The van der Waals surface area contributed by atoms with Crippen molar-refractivity contribution in [2.75, 3.05) is 7.11 Å². The topological polar surface area (TPSA) is 26.5 Å². The molecule has 0 aliphatic rings.